The number of hydrogen-bond donors (Lipinski definition) is 1. The summed E-state index contributed by atoms with van der Waals surface area (Å²) in [6, 6.07) is 6.01. The van der Waals surface area contributed by atoms with Crippen LogP contribution in [-0.2, 0) is 11.3 Å². The van der Waals surface area contributed by atoms with Crippen molar-refractivity contribution in [2.45, 2.75) is 6.61 Å². The topological polar surface area (TPSA) is 44.8 Å². The van der Waals surface area contributed by atoms with Crippen molar-refractivity contribution in [1.82, 2.24) is 4.90 Å². The quantitative estimate of drug-likeness (QED) is 0.817. The van der Waals surface area contributed by atoms with Crippen molar-refractivity contribution < 1.29 is 9.53 Å². The normalized spacial score (nSPS) is 20.1. The monoisotopic (exact) mass is 247 g/mol. The highest BCUT2D eigenvalue weighted by atomic mass is 16.5. The molecule has 2 aliphatic rings. The van der Waals surface area contributed by atoms with E-state index in [-0.39, 0.29) is 6.09 Å². The van der Waals surface area contributed by atoms with Gasteiger partial charge in [-0.2, -0.15) is 0 Å². The summed E-state index contributed by atoms with van der Waals surface area (Å²) in [4.78, 5) is 15.9. The fraction of sp³-hybridized carbons (Fsp3) is 0.462. The molecule has 1 fully saturated rings. The molecular formula is C13H17N3O2. The molecule has 0 aliphatic carbocycles. The van der Waals surface area contributed by atoms with Crippen LogP contribution in [0.25, 0.3) is 0 Å². The molecule has 1 aromatic rings. The SMILES string of the molecule is CN1CCN(c2cccc3c2COC(=O)N3)CC1. The van der Waals surface area contributed by atoms with E-state index in [0.29, 0.717) is 6.61 Å². The minimum absolute atomic E-state index is 0.363. The average Bonchev–Trinajstić information content (AvgIpc) is 2.38. The third-order valence-electron chi connectivity index (χ3n) is 3.58. The van der Waals surface area contributed by atoms with E-state index in [4.69, 9.17) is 4.74 Å². The molecule has 0 saturated carbocycles. The third-order valence-corrected chi connectivity index (χ3v) is 3.58. The van der Waals surface area contributed by atoms with Gasteiger partial charge in [-0.25, -0.2) is 4.79 Å². The second kappa shape index (κ2) is 4.49. The highest BCUT2D eigenvalue weighted by Crippen LogP contribution is 2.31. The minimum Gasteiger partial charge on any atom is -0.444 e. The van der Waals surface area contributed by atoms with Crippen LogP contribution in [0.4, 0.5) is 16.2 Å². The van der Waals surface area contributed by atoms with Crippen LogP contribution in [0, 0.1) is 0 Å². The minimum atomic E-state index is -0.363. The Morgan fingerprint density at radius 3 is 2.78 bits per heavy atom. The second-order valence-electron chi connectivity index (χ2n) is 4.79. The van der Waals surface area contributed by atoms with Crippen LogP contribution < -0.4 is 10.2 Å². The lowest BCUT2D eigenvalue weighted by molar-refractivity contribution is 0.151. The van der Waals surface area contributed by atoms with Crippen LogP contribution in [0.3, 0.4) is 0 Å². The maximum Gasteiger partial charge on any atom is 0.411 e. The molecule has 96 valence electrons. The summed E-state index contributed by atoms with van der Waals surface area (Å²) in [5, 5.41) is 2.75. The highest BCUT2D eigenvalue weighted by molar-refractivity contribution is 5.89. The standard InChI is InChI=1S/C13H17N3O2/c1-15-5-7-16(8-6-15)12-4-2-3-11-10(12)9-18-13(17)14-11/h2-4H,5-9H2,1H3,(H,14,17). The number of anilines is 2. The van der Waals surface area contributed by atoms with Gasteiger partial charge in [-0.05, 0) is 19.2 Å². The van der Waals surface area contributed by atoms with Gasteiger partial charge in [0.05, 0.1) is 5.69 Å². The number of cyclic esters (lactones) is 1. The van der Waals surface area contributed by atoms with E-state index in [1.165, 1.54) is 5.69 Å². The Balaban J connectivity index is 1.88. The molecule has 0 aromatic heterocycles. The number of piperazine rings is 1. The maximum absolute atomic E-state index is 11.2. The lowest BCUT2D eigenvalue weighted by atomic mass is 10.1. The number of fused-ring (bicyclic) bond motifs is 1. The van der Waals surface area contributed by atoms with Gasteiger partial charge in [0.2, 0.25) is 0 Å². The molecule has 5 nitrogen and oxygen atoms in total. The Morgan fingerprint density at radius 2 is 2.00 bits per heavy atom. The van der Waals surface area contributed by atoms with E-state index in [1.54, 1.807) is 0 Å². The fourth-order valence-electron chi connectivity index (χ4n) is 2.47. The molecule has 0 unspecified atom stereocenters. The lowest BCUT2D eigenvalue weighted by Gasteiger charge is -2.36. The number of benzene rings is 1. The van der Waals surface area contributed by atoms with Gasteiger partial charge < -0.3 is 14.5 Å². The number of amides is 1. The number of nitrogens with zero attached hydrogens (tertiary/aromatic N) is 2. The van der Waals surface area contributed by atoms with Crippen LogP contribution in [-0.4, -0.2) is 44.2 Å². The Bertz CT molecular complexity index is 467. The molecule has 2 heterocycles. The largest absolute Gasteiger partial charge is 0.444 e. The molecule has 2 aliphatic heterocycles. The van der Waals surface area contributed by atoms with E-state index in [1.807, 2.05) is 12.1 Å². The van der Waals surface area contributed by atoms with Crippen LogP contribution in [0.15, 0.2) is 18.2 Å². The Labute approximate surface area is 106 Å². The first kappa shape index (κ1) is 11.3. The van der Waals surface area contributed by atoms with Crippen molar-refractivity contribution in [2.75, 3.05) is 43.4 Å². The number of likely N-dealkylation sites (N-methyl/N-ethyl adjacent to an activating group) is 1. The first-order chi connectivity index (χ1) is 8.74. The summed E-state index contributed by atoms with van der Waals surface area (Å²) < 4.78 is 5.07. The summed E-state index contributed by atoms with van der Waals surface area (Å²) >= 11 is 0. The molecule has 0 bridgehead atoms. The number of nitrogens with one attached hydrogen (secondary N) is 1. The van der Waals surface area contributed by atoms with Crippen molar-refractivity contribution in [3.05, 3.63) is 23.8 Å². The molecule has 0 radical (unpaired) electrons. The maximum atomic E-state index is 11.2. The number of carbonyl (C=O) groups is 1. The Kier molecular flexibility index (Phi) is 2.83. The number of rotatable bonds is 1. The molecule has 18 heavy (non-hydrogen) atoms. The van der Waals surface area contributed by atoms with Crippen LogP contribution in [0.1, 0.15) is 5.56 Å². The summed E-state index contributed by atoms with van der Waals surface area (Å²) in [7, 11) is 2.14. The highest BCUT2D eigenvalue weighted by Gasteiger charge is 2.23. The molecule has 1 aromatic carbocycles. The second-order valence-corrected chi connectivity index (χ2v) is 4.79. The Morgan fingerprint density at radius 1 is 1.22 bits per heavy atom. The van der Waals surface area contributed by atoms with E-state index in [9.17, 15) is 4.79 Å². The van der Waals surface area contributed by atoms with Gasteiger partial charge in [0.1, 0.15) is 6.61 Å². The fourth-order valence-corrected chi connectivity index (χ4v) is 2.47. The van der Waals surface area contributed by atoms with E-state index < -0.39 is 0 Å². The average molecular weight is 247 g/mol. The third kappa shape index (κ3) is 2.01. The van der Waals surface area contributed by atoms with Gasteiger partial charge in [-0.3, -0.25) is 5.32 Å². The molecular weight excluding hydrogens is 230 g/mol. The van der Waals surface area contributed by atoms with Crippen molar-refractivity contribution in [3.8, 4) is 0 Å². The van der Waals surface area contributed by atoms with Crippen molar-refractivity contribution in [2.24, 2.45) is 0 Å². The van der Waals surface area contributed by atoms with Crippen LogP contribution in [0.2, 0.25) is 0 Å². The molecule has 3 rings (SSSR count). The van der Waals surface area contributed by atoms with E-state index >= 15 is 0 Å². The smallest absolute Gasteiger partial charge is 0.411 e. The summed E-state index contributed by atoms with van der Waals surface area (Å²) in [5.41, 5.74) is 3.14. The number of carbonyl (C=O) groups excluding carboxylic acids is 1. The van der Waals surface area contributed by atoms with Gasteiger partial charge in [0.25, 0.3) is 0 Å². The first-order valence-corrected chi connectivity index (χ1v) is 6.23. The van der Waals surface area contributed by atoms with E-state index in [0.717, 1.165) is 37.4 Å². The predicted molar refractivity (Wildman–Crippen MR) is 70.0 cm³/mol. The Hall–Kier alpha value is -1.75. The van der Waals surface area contributed by atoms with Crippen LogP contribution in [0.5, 0.6) is 0 Å². The lowest BCUT2D eigenvalue weighted by Crippen LogP contribution is -2.45. The van der Waals surface area contributed by atoms with Crippen molar-refractivity contribution >= 4 is 17.5 Å². The van der Waals surface area contributed by atoms with Gasteiger partial charge in [-0.15, -0.1) is 0 Å². The van der Waals surface area contributed by atoms with Gasteiger partial charge in [0, 0.05) is 37.4 Å². The summed E-state index contributed by atoms with van der Waals surface area (Å²) in [6.07, 6.45) is -0.363. The van der Waals surface area contributed by atoms with Gasteiger partial charge in [-0.1, -0.05) is 6.07 Å². The molecule has 1 saturated heterocycles. The molecule has 1 N–H and O–H groups in total. The molecule has 1 amide bonds. The molecule has 0 atom stereocenters. The van der Waals surface area contributed by atoms with Crippen LogP contribution >= 0.6 is 0 Å². The zero-order valence-electron chi connectivity index (χ0n) is 10.5. The molecule has 5 heteroatoms. The molecule has 0 spiro atoms. The zero-order valence-corrected chi connectivity index (χ0v) is 10.5. The number of ether oxygens (including phenoxy) is 1. The number of hydrogen-bond acceptors (Lipinski definition) is 4. The zero-order chi connectivity index (χ0) is 12.5. The van der Waals surface area contributed by atoms with Gasteiger partial charge >= 0.3 is 6.09 Å². The first-order valence-electron chi connectivity index (χ1n) is 6.23. The van der Waals surface area contributed by atoms with Crippen molar-refractivity contribution in [3.63, 3.8) is 0 Å². The van der Waals surface area contributed by atoms with E-state index in [2.05, 4.69) is 28.2 Å². The van der Waals surface area contributed by atoms with Gasteiger partial charge in [0.15, 0.2) is 0 Å². The summed E-state index contributed by atoms with van der Waals surface area (Å²) in [5.74, 6) is 0. The predicted octanol–water partition coefficient (Wildman–Crippen LogP) is 1.50. The summed E-state index contributed by atoms with van der Waals surface area (Å²) in [6.45, 7) is 4.53. The van der Waals surface area contributed by atoms with Crippen molar-refractivity contribution in [1.29, 1.82) is 0 Å².